The zero-order chi connectivity index (χ0) is 14.7. The van der Waals surface area contributed by atoms with E-state index in [2.05, 4.69) is 4.98 Å². The van der Waals surface area contributed by atoms with Crippen LogP contribution in [0.1, 0.15) is 29.8 Å². The van der Waals surface area contributed by atoms with Crippen LogP contribution in [0, 0.1) is 0 Å². The Morgan fingerprint density at radius 2 is 1.85 bits per heavy atom. The number of nitrogens with zero attached hydrogens (tertiary/aromatic N) is 1. The summed E-state index contributed by atoms with van der Waals surface area (Å²) in [5, 5.41) is 0.762. The van der Waals surface area contributed by atoms with Crippen LogP contribution in [-0.2, 0) is 0 Å². The predicted molar refractivity (Wildman–Crippen MR) is 79.9 cm³/mol. The fraction of sp³-hybridized carbons (Fsp3) is 0.200. The first-order valence-electron chi connectivity index (χ1n) is 6.09. The molecule has 0 radical (unpaired) electrons. The van der Waals surface area contributed by atoms with Gasteiger partial charge in [0.2, 0.25) is 0 Å². The summed E-state index contributed by atoms with van der Waals surface area (Å²) in [5.41, 5.74) is 0.907. The van der Waals surface area contributed by atoms with Crippen molar-refractivity contribution < 1.29 is 9.53 Å². The first-order valence-corrected chi connectivity index (χ1v) is 6.84. The SMILES string of the molecule is CC(C)Oc1cncc(C(=O)c2ccc(Cl)c(Cl)c2)c1. The first-order chi connectivity index (χ1) is 9.47. The first kappa shape index (κ1) is 14.8. The second-order valence-electron chi connectivity index (χ2n) is 4.53. The Labute approximate surface area is 127 Å². The summed E-state index contributed by atoms with van der Waals surface area (Å²) < 4.78 is 5.52. The van der Waals surface area contributed by atoms with Gasteiger partial charge in [-0.3, -0.25) is 9.78 Å². The summed E-state index contributed by atoms with van der Waals surface area (Å²) in [4.78, 5) is 16.4. The number of aromatic nitrogens is 1. The Hall–Kier alpha value is -1.58. The van der Waals surface area contributed by atoms with Gasteiger partial charge >= 0.3 is 0 Å². The van der Waals surface area contributed by atoms with Gasteiger partial charge in [-0.15, -0.1) is 0 Å². The topological polar surface area (TPSA) is 39.2 Å². The van der Waals surface area contributed by atoms with Crippen molar-refractivity contribution in [3.05, 3.63) is 57.8 Å². The molecule has 0 amide bonds. The number of ether oxygens (including phenoxy) is 1. The van der Waals surface area contributed by atoms with Crippen molar-refractivity contribution in [2.45, 2.75) is 20.0 Å². The number of hydrogen-bond acceptors (Lipinski definition) is 3. The third kappa shape index (κ3) is 3.50. The van der Waals surface area contributed by atoms with Gasteiger partial charge in [0.25, 0.3) is 0 Å². The Morgan fingerprint density at radius 3 is 2.50 bits per heavy atom. The van der Waals surface area contributed by atoms with Crippen LogP contribution in [0.5, 0.6) is 5.75 Å². The second kappa shape index (κ2) is 6.25. The summed E-state index contributed by atoms with van der Waals surface area (Å²) in [6, 6.07) is 6.44. The molecule has 20 heavy (non-hydrogen) atoms. The van der Waals surface area contributed by atoms with Gasteiger partial charge in [-0.1, -0.05) is 23.2 Å². The van der Waals surface area contributed by atoms with Crippen LogP contribution < -0.4 is 4.74 Å². The Kier molecular flexibility index (Phi) is 4.63. The molecule has 0 saturated heterocycles. The number of hydrogen-bond donors (Lipinski definition) is 0. The van der Waals surface area contributed by atoms with E-state index in [1.54, 1.807) is 30.5 Å². The molecule has 104 valence electrons. The van der Waals surface area contributed by atoms with E-state index in [4.69, 9.17) is 27.9 Å². The fourth-order valence-corrected chi connectivity index (χ4v) is 1.98. The van der Waals surface area contributed by atoms with E-state index in [1.807, 2.05) is 13.8 Å². The monoisotopic (exact) mass is 309 g/mol. The van der Waals surface area contributed by atoms with Crippen LogP contribution in [0.4, 0.5) is 0 Å². The van der Waals surface area contributed by atoms with Gasteiger partial charge < -0.3 is 4.74 Å². The standard InChI is InChI=1S/C15H13Cl2NO2/c1-9(2)20-12-5-11(7-18-8-12)15(19)10-3-4-13(16)14(17)6-10/h3-9H,1-2H3. The number of ketones is 1. The number of carbonyl (C=O) groups excluding carboxylic acids is 1. The van der Waals surface area contributed by atoms with Crippen molar-refractivity contribution in [2.75, 3.05) is 0 Å². The minimum atomic E-state index is -0.176. The maximum absolute atomic E-state index is 12.4. The lowest BCUT2D eigenvalue weighted by Crippen LogP contribution is -2.07. The quantitative estimate of drug-likeness (QED) is 0.785. The zero-order valence-corrected chi connectivity index (χ0v) is 12.6. The lowest BCUT2D eigenvalue weighted by molar-refractivity contribution is 0.103. The molecule has 3 nitrogen and oxygen atoms in total. The van der Waals surface area contributed by atoms with Gasteiger partial charge in [0.05, 0.1) is 22.3 Å². The number of pyridine rings is 1. The van der Waals surface area contributed by atoms with Crippen LogP contribution in [-0.4, -0.2) is 16.9 Å². The lowest BCUT2D eigenvalue weighted by atomic mass is 10.1. The van der Waals surface area contributed by atoms with E-state index >= 15 is 0 Å². The van der Waals surface area contributed by atoms with Crippen LogP contribution >= 0.6 is 23.2 Å². The van der Waals surface area contributed by atoms with Crippen molar-refractivity contribution in [3.63, 3.8) is 0 Å². The van der Waals surface area contributed by atoms with Gasteiger partial charge in [-0.25, -0.2) is 0 Å². The second-order valence-corrected chi connectivity index (χ2v) is 5.35. The van der Waals surface area contributed by atoms with Crippen molar-refractivity contribution in [1.29, 1.82) is 0 Å². The molecule has 0 fully saturated rings. The van der Waals surface area contributed by atoms with E-state index in [-0.39, 0.29) is 11.9 Å². The minimum Gasteiger partial charge on any atom is -0.489 e. The minimum absolute atomic E-state index is 0.0205. The third-order valence-corrected chi connectivity index (χ3v) is 3.27. The van der Waals surface area contributed by atoms with Gasteiger partial charge in [-0.05, 0) is 38.1 Å². The smallest absolute Gasteiger partial charge is 0.194 e. The molecule has 0 saturated carbocycles. The van der Waals surface area contributed by atoms with E-state index in [1.165, 1.54) is 6.20 Å². The molecule has 0 spiro atoms. The highest BCUT2D eigenvalue weighted by atomic mass is 35.5. The summed E-state index contributed by atoms with van der Waals surface area (Å²) in [6.07, 6.45) is 3.09. The maximum Gasteiger partial charge on any atom is 0.194 e. The highest BCUT2D eigenvalue weighted by molar-refractivity contribution is 6.42. The molecular weight excluding hydrogens is 297 g/mol. The molecule has 1 aromatic heterocycles. The van der Waals surface area contributed by atoms with Crippen LogP contribution in [0.25, 0.3) is 0 Å². The Morgan fingerprint density at radius 1 is 1.10 bits per heavy atom. The number of benzene rings is 1. The lowest BCUT2D eigenvalue weighted by Gasteiger charge is -2.10. The van der Waals surface area contributed by atoms with E-state index in [9.17, 15) is 4.79 Å². The van der Waals surface area contributed by atoms with Crippen molar-refractivity contribution in [2.24, 2.45) is 0 Å². The Bertz CT molecular complexity index is 642. The highest BCUT2D eigenvalue weighted by Crippen LogP contribution is 2.24. The normalized spacial score (nSPS) is 10.7. The average molecular weight is 310 g/mol. The molecule has 0 N–H and O–H groups in total. The van der Waals surface area contributed by atoms with Crippen molar-refractivity contribution in [1.82, 2.24) is 4.98 Å². The molecular formula is C15H13Cl2NO2. The van der Waals surface area contributed by atoms with E-state index < -0.39 is 0 Å². The van der Waals surface area contributed by atoms with E-state index in [0.717, 1.165) is 0 Å². The van der Waals surface area contributed by atoms with Crippen molar-refractivity contribution in [3.8, 4) is 5.75 Å². The van der Waals surface area contributed by atoms with Crippen LogP contribution in [0.2, 0.25) is 10.0 Å². The molecule has 0 aliphatic rings. The largest absolute Gasteiger partial charge is 0.489 e. The summed E-state index contributed by atoms with van der Waals surface area (Å²) in [5.74, 6) is 0.385. The molecule has 5 heteroatoms. The molecule has 0 bridgehead atoms. The number of halogens is 2. The Balaban J connectivity index is 2.30. The molecule has 0 aliphatic heterocycles. The molecule has 0 atom stereocenters. The van der Waals surface area contributed by atoms with E-state index in [0.29, 0.717) is 26.9 Å². The highest BCUT2D eigenvalue weighted by Gasteiger charge is 2.12. The number of rotatable bonds is 4. The van der Waals surface area contributed by atoms with Gasteiger partial charge in [0.15, 0.2) is 5.78 Å². The molecule has 0 unspecified atom stereocenters. The van der Waals surface area contributed by atoms with Gasteiger partial charge in [0.1, 0.15) is 5.75 Å². The zero-order valence-electron chi connectivity index (χ0n) is 11.1. The maximum atomic E-state index is 12.4. The van der Waals surface area contributed by atoms with Crippen LogP contribution in [0.15, 0.2) is 36.7 Å². The molecule has 2 aromatic rings. The molecule has 1 aromatic carbocycles. The predicted octanol–water partition coefficient (Wildman–Crippen LogP) is 4.41. The summed E-state index contributed by atoms with van der Waals surface area (Å²) in [7, 11) is 0. The number of carbonyl (C=O) groups is 1. The molecule has 0 aliphatic carbocycles. The molecule has 2 rings (SSSR count). The van der Waals surface area contributed by atoms with Gasteiger partial charge in [-0.2, -0.15) is 0 Å². The third-order valence-electron chi connectivity index (χ3n) is 2.53. The summed E-state index contributed by atoms with van der Waals surface area (Å²) in [6.45, 7) is 3.82. The van der Waals surface area contributed by atoms with Gasteiger partial charge in [0, 0.05) is 17.3 Å². The van der Waals surface area contributed by atoms with Crippen molar-refractivity contribution >= 4 is 29.0 Å². The van der Waals surface area contributed by atoms with Crippen LogP contribution in [0.3, 0.4) is 0 Å². The molecule has 1 heterocycles. The average Bonchev–Trinajstić information content (AvgIpc) is 2.40. The summed E-state index contributed by atoms with van der Waals surface area (Å²) >= 11 is 11.8. The fourth-order valence-electron chi connectivity index (χ4n) is 1.68.